The second-order valence-corrected chi connectivity index (χ2v) is 9.50. The lowest BCUT2D eigenvalue weighted by atomic mass is 10.3. The third kappa shape index (κ3) is 5.01. The van der Waals surface area contributed by atoms with Crippen LogP contribution < -0.4 is 10.1 Å². The van der Waals surface area contributed by atoms with Crippen LogP contribution in [-0.2, 0) is 4.79 Å². The predicted molar refractivity (Wildman–Crippen MR) is 133 cm³/mol. The van der Waals surface area contributed by atoms with Crippen molar-refractivity contribution in [3.05, 3.63) is 66.0 Å². The zero-order chi connectivity index (χ0) is 22.3. The van der Waals surface area contributed by atoms with Gasteiger partial charge in [-0.05, 0) is 42.0 Å². The van der Waals surface area contributed by atoms with Gasteiger partial charge in [0.15, 0.2) is 11.0 Å². The van der Waals surface area contributed by atoms with Crippen LogP contribution in [0.1, 0.15) is 6.42 Å². The highest BCUT2D eigenvalue weighted by molar-refractivity contribution is 7.99. The SMILES string of the molecule is COc1ccccc1-n1c(SCCC(=O)Nc2ccccc2SC)nnc1-c1cccs1. The molecule has 0 aliphatic carbocycles. The van der Waals surface area contributed by atoms with E-state index < -0.39 is 0 Å². The smallest absolute Gasteiger partial charge is 0.225 e. The molecular formula is C23H22N4O2S3. The Morgan fingerprint density at radius 2 is 1.91 bits per heavy atom. The molecule has 0 spiro atoms. The summed E-state index contributed by atoms with van der Waals surface area (Å²) in [6, 6.07) is 19.6. The van der Waals surface area contributed by atoms with Gasteiger partial charge in [-0.2, -0.15) is 0 Å². The number of carbonyl (C=O) groups excluding carboxylic acids is 1. The number of amides is 1. The Bertz CT molecular complexity index is 1190. The average Bonchev–Trinajstić information content (AvgIpc) is 3.49. The number of para-hydroxylation sites is 3. The van der Waals surface area contributed by atoms with E-state index in [0.717, 1.165) is 37.9 Å². The molecule has 0 aliphatic rings. The number of methoxy groups -OCH3 is 1. The van der Waals surface area contributed by atoms with Crippen molar-refractivity contribution >= 4 is 46.5 Å². The summed E-state index contributed by atoms with van der Waals surface area (Å²) in [5.74, 6) is 2.04. The second-order valence-electron chi connectivity index (χ2n) is 6.64. The van der Waals surface area contributed by atoms with Crippen LogP contribution in [0.4, 0.5) is 5.69 Å². The molecule has 1 amide bonds. The van der Waals surface area contributed by atoms with E-state index in [1.54, 1.807) is 30.2 Å². The molecule has 1 N–H and O–H groups in total. The predicted octanol–water partition coefficient (Wildman–Crippen LogP) is 5.85. The molecule has 0 saturated carbocycles. The lowest BCUT2D eigenvalue weighted by molar-refractivity contribution is -0.115. The van der Waals surface area contributed by atoms with Gasteiger partial charge in [0.25, 0.3) is 0 Å². The molecule has 0 saturated heterocycles. The van der Waals surface area contributed by atoms with Gasteiger partial charge >= 0.3 is 0 Å². The summed E-state index contributed by atoms with van der Waals surface area (Å²) in [6.07, 6.45) is 2.36. The normalized spacial score (nSPS) is 10.8. The van der Waals surface area contributed by atoms with Gasteiger partial charge in [0.1, 0.15) is 5.75 Å². The molecule has 4 aromatic rings. The fourth-order valence-electron chi connectivity index (χ4n) is 3.16. The summed E-state index contributed by atoms with van der Waals surface area (Å²) >= 11 is 4.72. The number of hydrogen-bond donors (Lipinski definition) is 1. The Labute approximate surface area is 199 Å². The maximum atomic E-state index is 12.5. The number of thiophene rings is 1. The van der Waals surface area contributed by atoms with Gasteiger partial charge in [0.05, 0.1) is 23.4 Å². The molecule has 0 aliphatic heterocycles. The molecule has 0 fully saturated rings. The van der Waals surface area contributed by atoms with Crippen molar-refractivity contribution in [1.82, 2.24) is 14.8 Å². The second kappa shape index (κ2) is 10.7. The van der Waals surface area contributed by atoms with Crippen LogP contribution in [0.2, 0.25) is 0 Å². The lowest BCUT2D eigenvalue weighted by Crippen LogP contribution is -2.13. The minimum absolute atomic E-state index is 0.0270. The molecule has 0 atom stereocenters. The van der Waals surface area contributed by atoms with Crippen LogP contribution in [0, 0.1) is 0 Å². The highest BCUT2D eigenvalue weighted by Crippen LogP contribution is 2.34. The number of rotatable bonds is 9. The Hall–Kier alpha value is -2.75. The summed E-state index contributed by atoms with van der Waals surface area (Å²) in [6.45, 7) is 0. The summed E-state index contributed by atoms with van der Waals surface area (Å²) in [5, 5.41) is 14.6. The maximum Gasteiger partial charge on any atom is 0.225 e. The first-order valence-electron chi connectivity index (χ1n) is 9.89. The van der Waals surface area contributed by atoms with Gasteiger partial charge in [-0.1, -0.05) is 42.1 Å². The Morgan fingerprint density at radius 1 is 1.09 bits per heavy atom. The summed E-state index contributed by atoms with van der Waals surface area (Å²) in [5.41, 5.74) is 1.71. The van der Waals surface area contributed by atoms with Gasteiger partial charge in [-0.15, -0.1) is 33.3 Å². The third-order valence-electron chi connectivity index (χ3n) is 4.64. The van der Waals surface area contributed by atoms with Crippen LogP contribution in [0.5, 0.6) is 5.75 Å². The van der Waals surface area contributed by atoms with Gasteiger partial charge in [0, 0.05) is 17.1 Å². The topological polar surface area (TPSA) is 69.0 Å². The molecule has 2 aromatic heterocycles. The average molecular weight is 483 g/mol. The number of hydrogen-bond acceptors (Lipinski definition) is 7. The van der Waals surface area contributed by atoms with Gasteiger partial charge in [0.2, 0.25) is 5.91 Å². The number of ether oxygens (including phenoxy) is 1. The molecule has 2 aromatic carbocycles. The van der Waals surface area contributed by atoms with Crippen molar-refractivity contribution < 1.29 is 9.53 Å². The first kappa shape index (κ1) is 22.4. The minimum Gasteiger partial charge on any atom is -0.495 e. The molecule has 32 heavy (non-hydrogen) atoms. The summed E-state index contributed by atoms with van der Waals surface area (Å²) < 4.78 is 7.58. The van der Waals surface area contributed by atoms with Crippen molar-refractivity contribution in [2.45, 2.75) is 16.5 Å². The molecule has 164 valence electrons. The number of nitrogens with one attached hydrogen (secondary N) is 1. The molecule has 2 heterocycles. The fraction of sp³-hybridized carbons (Fsp3) is 0.174. The van der Waals surface area contributed by atoms with Crippen molar-refractivity contribution in [3.63, 3.8) is 0 Å². The van der Waals surface area contributed by atoms with Crippen molar-refractivity contribution in [2.24, 2.45) is 0 Å². The van der Waals surface area contributed by atoms with Crippen LogP contribution >= 0.6 is 34.9 Å². The van der Waals surface area contributed by atoms with E-state index in [1.807, 2.05) is 76.9 Å². The summed E-state index contributed by atoms with van der Waals surface area (Å²) in [4.78, 5) is 14.6. The summed E-state index contributed by atoms with van der Waals surface area (Å²) in [7, 11) is 1.65. The van der Waals surface area contributed by atoms with E-state index in [0.29, 0.717) is 12.2 Å². The zero-order valence-corrected chi connectivity index (χ0v) is 20.1. The quantitative estimate of drug-likeness (QED) is 0.302. The molecule has 0 radical (unpaired) electrons. The number of carbonyl (C=O) groups is 1. The fourth-order valence-corrected chi connectivity index (χ4v) is 5.29. The van der Waals surface area contributed by atoms with E-state index in [2.05, 4.69) is 15.5 Å². The highest BCUT2D eigenvalue weighted by atomic mass is 32.2. The molecule has 4 rings (SSSR count). The number of anilines is 1. The Morgan fingerprint density at radius 3 is 2.69 bits per heavy atom. The standard InChI is InChI=1S/C23H22N4O2S3/c1-29-18-10-5-4-9-17(18)27-22(20-12-7-14-31-20)25-26-23(27)32-15-13-21(28)24-16-8-3-6-11-19(16)30-2/h3-12,14H,13,15H2,1-2H3,(H,24,28). The zero-order valence-electron chi connectivity index (χ0n) is 17.6. The van der Waals surface area contributed by atoms with Crippen LogP contribution in [0.25, 0.3) is 16.4 Å². The number of thioether (sulfide) groups is 2. The molecule has 0 unspecified atom stereocenters. The van der Waals surface area contributed by atoms with E-state index in [4.69, 9.17) is 4.74 Å². The van der Waals surface area contributed by atoms with Crippen molar-refractivity contribution in [1.29, 1.82) is 0 Å². The number of benzene rings is 2. The van der Waals surface area contributed by atoms with Crippen LogP contribution in [-0.4, -0.2) is 39.8 Å². The van der Waals surface area contributed by atoms with Gasteiger partial charge in [-0.3, -0.25) is 9.36 Å². The lowest BCUT2D eigenvalue weighted by Gasteiger charge is -2.13. The van der Waals surface area contributed by atoms with E-state index in [1.165, 1.54) is 11.8 Å². The first-order valence-corrected chi connectivity index (χ1v) is 13.0. The van der Waals surface area contributed by atoms with Crippen molar-refractivity contribution in [2.75, 3.05) is 24.4 Å². The van der Waals surface area contributed by atoms with E-state index in [-0.39, 0.29) is 5.91 Å². The van der Waals surface area contributed by atoms with Crippen LogP contribution in [0.15, 0.2) is 76.1 Å². The Balaban J connectivity index is 1.52. The number of nitrogens with zero attached hydrogens (tertiary/aromatic N) is 3. The van der Waals surface area contributed by atoms with Crippen molar-refractivity contribution in [3.8, 4) is 22.1 Å². The largest absolute Gasteiger partial charge is 0.495 e. The highest BCUT2D eigenvalue weighted by Gasteiger charge is 2.19. The molecular weight excluding hydrogens is 460 g/mol. The van der Waals surface area contributed by atoms with E-state index in [9.17, 15) is 4.79 Å². The minimum atomic E-state index is -0.0270. The number of aromatic nitrogens is 3. The van der Waals surface area contributed by atoms with Gasteiger partial charge in [-0.25, -0.2) is 0 Å². The molecule has 9 heteroatoms. The molecule has 6 nitrogen and oxygen atoms in total. The first-order chi connectivity index (χ1) is 15.7. The van der Waals surface area contributed by atoms with Gasteiger partial charge < -0.3 is 10.1 Å². The monoisotopic (exact) mass is 482 g/mol. The van der Waals surface area contributed by atoms with E-state index >= 15 is 0 Å². The molecule has 0 bridgehead atoms. The maximum absolute atomic E-state index is 12.5. The Kier molecular flexibility index (Phi) is 7.51. The van der Waals surface area contributed by atoms with Crippen LogP contribution in [0.3, 0.4) is 0 Å². The third-order valence-corrected chi connectivity index (χ3v) is 7.23.